The molecule has 0 spiro atoms. The first-order valence-electron chi connectivity index (χ1n) is 19.4. The van der Waals surface area contributed by atoms with Crippen LogP contribution in [0.3, 0.4) is 0 Å². The summed E-state index contributed by atoms with van der Waals surface area (Å²) < 4.78 is 26.6. The van der Waals surface area contributed by atoms with Crippen molar-refractivity contribution in [3.8, 4) is 0 Å². The Balaban J connectivity index is 1.05. The minimum absolute atomic E-state index is 0.0177. The van der Waals surface area contributed by atoms with Crippen LogP contribution in [0.1, 0.15) is 89.0 Å². The van der Waals surface area contributed by atoms with E-state index in [0.29, 0.717) is 49.5 Å². The minimum Gasteiger partial charge on any atom is -0.444 e. The van der Waals surface area contributed by atoms with Crippen molar-refractivity contribution in [2.24, 2.45) is 23.7 Å². The standard InChI is InChI=1S/C41H53FN6O6/c1-41(2,3)54-40(52)45-34(23-42)25-9-11-26(12-10-25)38(50)47-20-19-30(24-13-16-29(53-4)17-14-24)36(47)37(49)43-28-15-18-31-27(21-28)22-33(44-31)39(51)48-35-8-6-5-7-32(35)46-48/h5-8,15,18,21-22,24-26,29-30,34,36,44,46H,9-14,16-17,19-20,23H2,1-4H3,(H,43,49)(H,45,52)/t24-,25-,26-,29-,30-,34+,36-/m0/s1. The summed E-state index contributed by atoms with van der Waals surface area (Å²) in [5, 5.41) is 9.69. The van der Waals surface area contributed by atoms with Gasteiger partial charge in [-0.3, -0.25) is 19.5 Å². The van der Waals surface area contributed by atoms with E-state index in [0.717, 1.165) is 54.0 Å². The van der Waals surface area contributed by atoms with E-state index in [9.17, 15) is 23.6 Å². The number of aromatic nitrogens is 3. The molecular formula is C41H53FN6O6. The van der Waals surface area contributed by atoms with E-state index >= 15 is 0 Å². The van der Waals surface area contributed by atoms with Crippen LogP contribution in [-0.2, 0) is 19.1 Å². The highest BCUT2D eigenvalue weighted by molar-refractivity contribution is 6.05. The fraction of sp³-hybridized carbons (Fsp3) is 0.561. The number of benzene rings is 2. The van der Waals surface area contributed by atoms with Gasteiger partial charge in [0.05, 0.1) is 23.2 Å². The van der Waals surface area contributed by atoms with Gasteiger partial charge in [0.2, 0.25) is 11.8 Å². The highest BCUT2D eigenvalue weighted by Crippen LogP contribution is 2.42. The monoisotopic (exact) mass is 744 g/mol. The number of alkyl halides is 1. The third kappa shape index (κ3) is 7.92. The zero-order valence-corrected chi connectivity index (χ0v) is 31.7. The molecule has 1 saturated heterocycles. The largest absolute Gasteiger partial charge is 0.444 e. The average molecular weight is 745 g/mol. The number of carbonyl (C=O) groups is 4. The number of hydrogen-bond donors (Lipinski definition) is 4. The van der Waals surface area contributed by atoms with Gasteiger partial charge in [-0.25, -0.2) is 13.9 Å². The normalized spacial score (nSPS) is 25.5. The van der Waals surface area contributed by atoms with Gasteiger partial charge in [-0.1, -0.05) is 12.1 Å². The fourth-order valence-electron chi connectivity index (χ4n) is 9.10. The highest BCUT2D eigenvalue weighted by atomic mass is 19.1. The number of alkyl carbamates (subject to hydrolysis) is 1. The number of anilines is 1. The second kappa shape index (κ2) is 15.6. The molecule has 3 aliphatic rings. The smallest absolute Gasteiger partial charge is 0.407 e. The van der Waals surface area contributed by atoms with E-state index in [1.807, 2.05) is 47.4 Å². The van der Waals surface area contributed by atoms with Crippen LogP contribution < -0.4 is 10.6 Å². The van der Waals surface area contributed by atoms with Crippen LogP contribution in [0, 0.1) is 23.7 Å². The van der Waals surface area contributed by atoms with Gasteiger partial charge in [0.15, 0.2) is 0 Å². The number of nitrogens with one attached hydrogen (secondary N) is 4. The second-order valence-corrected chi connectivity index (χ2v) is 16.5. The van der Waals surface area contributed by atoms with Crippen LogP contribution in [-0.4, -0.2) is 87.6 Å². The number of ether oxygens (including phenoxy) is 2. The molecule has 1 aliphatic heterocycles. The van der Waals surface area contributed by atoms with Crippen molar-refractivity contribution in [1.82, 2.24) is 25.0 Å². The summed E-state index contributed by atoms with van der Waals surface area (Å²) in [6.07, 6.45) is 6.40. The van der Waals surface area contributed by atoms with Gasteiger partial charge in [0, 0.05) is 36.2 Å². The molecule has 12 nitrogen and oxygen atoms in total. The maximum atomic E-state index is 14.4. The molecule has 0 bridgehead atoms. The van der Waals surface area contributed by atoms with E-state index in [1.54, 1.807) is 33.9 Å². The predicted molar refractivity (Wildman–Crippen MR) is 204 cm³/mol. The lowest BCUT2D eigenvalue weighted by Crippen LogP contribution is -2.50. The number of rotatable bonds is 9. The Morgan fingerprint density at radius 3 is 2.35 bits per heavy atom. The molecule has 3 fully saturated rings. The number of halogens is 1. The Labute approximate surface area is 314 Å². The lowest BCUT2D eigenvalue weighted by atomic mass is 9.75. The third-order valence-electron chi connectivity index (χ3n) is 11.9. The number of hydrogen-bond acceptors (Lipinski definition) is 6. The van der Waals surface area contributed by atoms with E-state index in [4.69, 9.17) is 9.47 Å². The summed E-state index contributed by atoms with van der Waals surface area (Å²) in [7, 11) is 1.75. The molecule has 0 unspecified atom stereocenters. The first-order chi connectivity index (χ1) is 25.9. The van der Waals surface area contributed by atoms with Gasteiger partial charge < -0.3 is 30.0 Å². The van der Waals surface area contributed by atoms with Crippen LogP contribution in [0.5, 0.6) is 0 Å². The number of nitrogens with zero attached hydrogens (tertiary/aromatic N) is 2. The topological polar surface area (TPSA) is 151 Å². The van der Waals surface area contributed by atoms with Gasteiger partial charge in [0.25, 0.3) is 5.91 Å². The van der Waals surface area contributed by atoms with Gasteiger partial charge in [-0.2, -0.15) is 0 Å². The molecule has 2 aromatic carbocycles. The van der Waals surface area contributed by atoms with E-state index in [-0.39, 0.29) is 41.6 Å². The summed E-state index contributed by atoms with van der Waals surface area (Å²) in [6, 6.07) is 13.6. The maximum Gasteiger partial charge on any atom is 0.407 e. The molecule has 2 saturated carbocycles. The van der Waals surface area contributed by atoms with Gasteiger partial charge in [-0.05, 0) is 133 Å². The van der Waals surface area contributed by atoms with Crippen molar-refractivity contribution < 1.29 is 33.0 Å². The summed E-state index contributed by atoms with van der Waals surface area (Å²) in [6.45, 7) is 5.10. The summed E-state index contributed by atoms with van der Waals surface area (Å²) in [5.74, 6) is -0.513. The Morgan fingerprint density at radius 1 is 0.926 bits per heavy atom. The van der Waals surface area contributed by atoms with Crippen molar-refractivity contribution in [3.63, 3.8) is 0 Å². The zero-order valence-electron chi connectivity index (χ0n) is 31.7. The number of fused-ring (bicyclic) bond motifs is 2. The van der Waals surface area contributed by atoms with E-state index < -0.39 is 30.5 Å². The number of likely N-dealkylation sites (tertiary alicyclic amines) is 1. The fourth-order valence-corrected chi connectivity index (χ4v) is 9.10. The first kappa shape index (κ1) is 37.7. The van der Waals surface area contributed by atoms with E-state index in [1.165, 1.54) is 4.68 Å². The predicted octanol–water partition coefficient (Wildman–Crippen LogP) is 7.17. The van der Waals surface area contributed by atoms with Gasteiger partial charge >= 0.3 is 6.09 Å². The summed E-state index contributed by atoms with van der Waals surface area (Å²) >= 11 is 0. The van der Waals surface area contributed by atoms with Crippen LogP contribution in [0.25, 0.3) is 21.9 Å². The molecule has 7 rings (SSSR count). The summed E-state index contributed by atoms with van der Waals surface area (Å²) in [4.78, 5) is 59.3. The number of H-pyrrole nitrogens is 2. The Bertz CT molecular complexity index is 1980. The molecule has 3 amide bonds. The van der Waals surface area contributed by atoms with Crippen LogP contribution >= 0.6 is 0 Å². The Hall–Kier alpha value is -4.65. The third-order valence-corrected chi connectivity index (χ3v) is 11.9. The van der Waals surface area contributed by atoms with E-state index in [2.05, 4.69) is 20.7 Å². The van der Waals surface area contributed by atoms with Crippen molar-refractivity contribution in [3.05, 3.63) is 54.2 Å². The average Bonchev–Trinajstić information content (AvgIpc) is 3.79. The molecule has 290 valence electrons. The SMILES string of the molecule is CO[C@H]1CC[C@H]([C@@H]2CCN(C(=O)[C@H]3CC[C@H]([C@@H](CF)NC(=O)OC(C)(C)C)CC3)[C@@H]2C(=O)Nc2ccc3[nH]c(C(=O)n4[nH]c5ccccc54)cc3c2)CC1. The molecule has 4 aromatic rings. The second-order valence-electron chi connectivity index (χ2n) is 16.5. The zero-order chi connectivity index (χ0) is 38.1. The molecule has 2 aliphatic carbocycles. The number of aromatic amines is 2. The Kier molecular flexibility index (Phi) is 10.9. The molecule has 3 atom stereocenters. The maximum absolute atomic E-state index is 14.4. The van der Waals surface area contributed by atoms with Gasteiger partial charge in [0.1, 0.15) is 24.0 Å². The molecule has 0 radical (unpaired) electrons. The van der Waals surface area contributed by atoms with Gasteiger partial charge in [-0.15, -0.1) is 0 Å². The molecule has 13 heteroatoms. The quantitative estimate of drug-likeness (QED) is 0.143. The van der Waals surface area contributed by atoms with Crippen molar-refractivity contribution >= 4 is 51.4 Å². The number of amides is 3. The lowest BCUT2D eigenvalue weighted by molar-refractivity contribution is -0.142. The Morgan fingerprint density at radius 2 is 1.67 bits per heavy atom. The number of methoxy groups -OCH3 is 1. The van der Waals surface area contributed by atoms with Crippen molar-refractivity contribution in [2.75, 3.05) is 25.6 Å². The van der Waals surface area contributed by atoms with Crippen molar-refractivity contribution in [2.45, 2.75) is 102 Å². The number of carbonyl (C=O) groups excluding carboxylic acids is 4. The summed E-state index contributed by atoms with van der Waals surface area (Å²) in [5.41, 5.74) is 2.79. The molecule has 4 N–H and O–H groups in total. The van der Waals surface area contributed by atoms with Crippen LogP contribution in [0.2, 0.25) is 0 Å². The first-order valence-corrected chi connectivity index (χ1v) is 19.4. The van der Waals surface area contributed by atoms with Crippen LogP contribution in [0.4, 0.5) is 14.9 Å². The number of para-hydroxylation sites is 2. The van der Waals surface area contributed by atoms with Crippen LogP contribution in [0.15, 0.2) is 48.5 Å². The minimum atomic E-state index is -0.708. The molecule has 54 heavy (non-hydrogen) atoms. The lowest BCUT2D eigenvalue weighted by Gasteiger charge is -2.38. The van der Waals surface area contributed by atoms with Crippen molar-refractivity contribution in [1.29, 1.82) is 0 Å². The molecular weight excluding hydrogens is 691 g/mol. The molecule has 3 heterocycles. The molecule has 2 aromatic heterocycles. The highest BCUT2D eigenvalue weighted by Gasteiger charge is 2.47.